The minimum absolute atomic E-state index is 0.197. The average Bonchev–Trinajstić information content (AvgIpc) is 2.66. The van der Waals surface area contributed by atoms with Crippen LogP contribution in [-0.4, -0.2) is 21.4 Å². The van der Waals surface area contributed by atoms with Gasteiger partial charge in [-0.05, 0) is 42.5 Å². The second-order valence-corrected chi connectivity index (χ2v) is 8.10. The highest BCUT2D eigenvalue weighted by molar-refractivity contribution is 7.93. The lowest BCUT2D eigenvalue weighted by Gasteiger charge is -2.29. The fraction of sp³-hybridized carbons (Fsp3) is 0.0500. The summed E-state index contributed by atoms with van der Waals surface area (Å²) >= 11 is 0. The predicted octanol–water partition coefficient (Wildman–Crippen LogP) is 3.88. The summed E-state index contributed by atoms with van der Waals surface area (Å²) in [5, 5.41) is 2.65. The number of nitrogens with zero attached hydrogens (tertiary/aromatic N) is 1. The van der Waals surface area contributed by atoms with Crippen molar-refractivity contribution in [3.8, 4) is 11.1 Å². The van der Waals surface area contributed by atoms with Gasteiger partial charge in [-0.15, -0.1) is 0 Å². The Hall–Kier alpha value is -3.19. The van der Waals surface area contributed by atoms with E-state index < -0.39 is 21.7 Å². The smallest absolute Gasteiger partial charge is 0.264 e. The number of hydrogen-bond acceptors (Lipinski definition) is 3. The quantitative estimate of drug-likeness (QED) is 0.731. The molecule has 0 spiro atoms. The molecule has 0 bridgehead atoms. The van der Waals surface area contributed by atoms with Crippen LogP contribution in [0.4, 0.5) is 15.8 Å². The topological polar surface area (TPSA) is 66.5 Å². The van der Waals surface area contributed by atoms with Gasteiger partial charge in [-0.3, -0.25) is 9.10 Å². The maximum absolute atomic E-state index is 13.3. The summed E-state index contributed by atoms with van der Waals surface area (Å²) in [6.45, 7) is 0. The Balaban J connectivity index is 1.77. The van der Waals surface area contributed by atoms with Crippen LogP contribution in [0.25, 0.3) is 11.1 Å². The normalized spacial score (nSPS) is 14.2. The van der Waals surface area contributed by atoms with Gasteiger partial charge in [0.25, 0.3) is 15.9 Å². The van der Waals surface area contributed by atoms with E-state index in [4.69, 9.17) is 0 Å². The average molecular weight is 382 g/mol. The zero-order valence-electron chi connectivity index (χ0n) is 14.3. The molecule has 0 atom stereocenters. The first-order chi connectivity index (χ1) is 12.9. The maximum atomic E-state index is 13.3. The monoisotopic (exact) mass is 382 g/mol. The van der Waals surface area contributed by atoms with Gasteiger partial charge in [0.1, 0.15) is 5.82 Å². The van der Waals surface area contributed by atoms with Crippen LogP contribution in [0.3, 0.4) is 0 Å². The Morgan fingerprint density at radius 3 is 2.52 bits per heavy atom. The molecule has 0 fully saturated rings. The van der Waals surface area contributed by atoms with Crippen molar-refractivity contribution >= 4 is 27.3 Å². The van der Waals surface area contributed by atoms with E-state index in [0.29, 0.717) is 28.1 Å². The molecule has 0 unspecified atom stereocenters. The molecular weight excluding hydrogens is 367 g/mol. The first-order valence-corrected chi connectivity index (χ1v) is 9.61. The summed E-state index contributed by atoms with van der Waals surface area (Å²) in [6, 6.07) is 17.1. The molecule has 1 N–H and O–H groups in total. The van der Waals surface area contributed by atoms with Gasteiger partial charge in [-0.2, -0.15) is 0 Å². The number of carbonyl (C=O) groups excluding carboxylic acids is 1. The van der Waals surface area contributed by atoms with E-state index in [0.717, 1.165) is 0 Å². The predicted molar refractivity (Wildman–Crippen MR) is 102 cm³/mol. The van der Waals surface area contributed by atoms with Crippen LogP contribution >= 0.6 is 0 Å². The number of anilines is 2. The van der Waals surface area contributed by atoms with Gasteiger partial charge in [0, 0.05) is 29.4 Å². The van der Waals surface area contributed by atoms with Crippen LogP contribution in [0.5, 0.6) is 0 Å². The van der Waals surface area contributed by atoms with E-state index in [1.54, 1.807) is 48.5 Å². The third-order valence-electron chi connectivity index (χ3n) is 4.50. The second kappa shape index (κ2) is 6.21. The Bertz CT molecular complexity index is 1180. The standard InChI is InChI=1S/C20H15FN2O3S/c1-23-18-10-9-13(20(24)22-15-6-4-5-14(21)12-15)11-17(18)16-7-2-3-8-19(16)27(23,25)26/h2-12H,1H3,(H,22,24). The molecule has 1 aliphatic heterocycles. The zero-order valence-corrected chi connectivity index (χ0v) is 15.1. The minimum atomic E-state index is -3.63. The lowest BCUT2D eigenvalue weighted by molar-refractivity contribution is 0.102. The van der Waals surface area contributed by atoms with E-state index in [2.05, 4.69) is 5.32 Å². The second-order valence-electron chi connectivity index (χ2n) is 6.17. The first kappa shape index (κ1) is 17.2. The van der Waals surface area contributed by atoms with Gasteiger partial charge in [0.05, 0.1) is 10.6 Å². The van der Waals surface area contributed by atoms with E-state index in [9.17, 15) is 17.6 Å². The highest BCUT2D eigenvalue weighted by Crippen LogP contribution is 2.42. The summed E-state index contributed by atoms with van der Waals surface area (Å²) in [6.07, 6.45) is 0. The molecule has 3 aromatic rings. The van der Waals surface area contributed by atoms with E-state index in [1.807, 2.05) is 0 Å². The Morgan fingerprint density at radius 1 is 0.963 bits per heavy atom. The SMILES string of the molecule is CN1c2ccc(C(=O)Nc3cccc(F)c3)cc2-c2ccccc2S1(=O)=O. The highest BCUT2D eigenvalue weighted by atomic mass is 32.2. The number of halogens is 1. The van der Waals surface area contributed by atoms with Gasteiger partial charge >= 0.3 is 0 Å². The number of hydrogen-bond donors (Lipinski definition) is 1. The third kappa shape index (κ3) is 2.86. The van der Waals surface area contributed by atoms with Gasteiger partial charge in [0.2, 0.25) is 0 Å². The fourth-order valence-corrected chi connectivity index (χ4v) is 4.55. The van der Waals surface area contributed by atoms with Crippen molar-refractivity contribution in [2.24, 2.45) is 0 Å². The van der Waals surface area contributed by atoms with Crippen molar-refractivity contribution in [1.82, 2.24) is 0 Å². The van der Waals surface area contributed by atoms with Crippen LogP contribution in [0, 0.1) is 5.82 Å². The molecule has 136 valence electrons. The minimum Gasteiger partial charge on any atom is -0.322 e. The fourth-order valence-electron chi connectivity index (χ4n) is 3.13. The van der Waals surface area contributed by atoms with Gasteiger partial charge < -0.3 is 5.32 Å². The van der Waals surface area contributed by atoms with E-state index in [1.165, 1.54) is 29.6 Å². The summed E-state index contributed by atoms with van der Waals surface area (Å²) in [5.74, 6) is -0.851. The van der Waals surface area contributed by atoms with Gasteiger partial charge in [-0.25, -0.2) is 12.8 Å². The molecule has 1 amide bonds. The van der Waals surface area contributed by atoms with Crippen LogP contribution in [0.15, 0.2) is 71.6 Å². The molecule has 7 heteroatoms. The molecule has 0 saturated heterocycles. The number of fused-ring (bicyclic) bond motifs is 3. The van der Waals surface area contributed by atoms with Crippen LogP contribution < -0.4 is 9.62 Å². The summed E-state index contributed by atoms with van der Waals surface area (Å²) in [7, 11) is -2.15. The first-order valence-electron chi connectivity index (χ1n) is 8.17. The van der Waals surface area contributed by atoms with Crippen molar-refractivity contribution in [3.63, 3.8) is 0 Å². The number of sulfonamides is 1. The lowest BCUT2D eigenvalue weighted by atomic mass is 10.00. The molecule has 3 aromatic carbocycles. The molecule has 0 aromatic heterocycles. The molecule has 1 heterocycles. The molecule has 0 radical (unpaired) electrons. The summed E-state index contributed by atoms with van der Waals surface area (Å²) < 4.78 is 39.9. The summed E-state index contributed by atoms with van der Waals surface area (Å²) in [4.78, 5) is 12.8. The number of benzene rings is 3. The van der Waals surface area contributed by atoms with Crippen molar-refractivity contribution < 1.29 is 17.6 Å². The van der Waals surface area contributed by atoms with Crippen molar-refractivity contribution in [1.29, 1.82) is 0 Å². The lowest BCUT2D eigenvalue weighted by Crippen LogP contribution is -2.30. The largest absolute Gasteiger partial charge is 0.322 e. The number of rotatable bonds is 2. The summed E-state index contributed by atoms with van der Waals surface area (Å²) in [5.41, 5.74) is 2.38. The molecule has 27 heavy (non-hydrogen) atoms. The molecular formula is C20H15FN2O3S. The maximum Gasteiger partial charge on any atom is 0.264 e. The number of amides is 1. The number of carbonyl (C=O) groups is 1. The third-order valence-corrected chi connectivity index (χ3v) is 6.33. The van der Waals surface area contributed by atoms with E-state index in [-0.39, 0.29) is 4.90 Å². The zero-order chi connectivity index (χ0) is 19.2. The van der Waals surface area contributed by atoms with Gasteiger partial charge in [-0.1, -0.05) is 24.3 Å². The molecule has 0 saturated carbocycles. The molecule has 4 rings (SSSR count). The van der Waals surface area contributed by atoms with Gasteiger partial charge in [0.15, 0.2) is 0 Å². The van der Waals surface area contributed by atoms with Crippen LogP contribution in [0.1, 0.15) is 10.4 Å². The highest BCUT2D eigenvalue weighted by Gasteiger charge is 2.32. The van der Waals surface area contributed by atoms with Crippen molar-refractivity contribution in [3.05, 3.63) is 78.1 Å². The Labute approximate surface area is 156 Å². The van der Waals surface area contributed by atoms with Crippen molar-refractivity contribution in [2.45, 2.75) is 4.90 Å². The Morgan fingerprint density at radius 2 is 1.74 bits per heavy atom. The van der Waals surface area contributed by atoms with E-state index >= 15 is 0 Å². The van der Waals surface area contributed by atoms with Crippen LogP contribution in [-0.2, 0) is 10.0 Å². The van der Waals surface area contributed by atoms with Crippen molar-refractivity contribution in [2.75, 3.05) is 16.7 Å². The molecule has 5 nitrogen and oxygen atoms in total. The number of nitrogens with one attached hydrogen (secondary N) is 1. The molecule has 1 aliphatic rings. The van der Waals surface area contributed by atoms with Crippen LogP contribution in [0.2, 0.25) is 0 Å². The molecule has 0 aliphatic carbocycles. The Kier molecular flexibility index (Phi) is 3.96.